The third kappa shape index (κ3) is 4.83. The maximum absolute atomic E-state index is 5.34. The fourth-order valence-electron chi connectivity index (χ4n) is 4.41. The molecule has 1 heterocycles. The molecule has 1 saturated carbocycles. The average molecular weight is 371 g/mol. The Hall–Kier alpha value is -2.01. The zero-order valence-corrected chi connectivity index (χ0v) is 17.0. The Labute approximate surface area is 163 Å². The molecule has 27 heavy (non-hydrogen) atoms. The van der Waals surface area contributed by atoms with Crippen LogP contribution in [0.2, 0.25) is 0 Å². The largest absolute Gasteiger partial charge is 0.385 e. The van der Waals surface area contributed by atoms with Crippen molar-refractivity contribution in [1.29, 1.82) is 0 Å². The first-order valence-electron chi connectivity index (χ1n) is 10.2. The lowest BCUT2D eigenvalue weighted by molar-refractivity contribution is 0.138. The van der Waals surface area contributed by atoms with E-state index >= 15 is 0 Å². The molecule has 0 atom stereocenters. The monoisotopic (exact) mass is 370 g/mol. The van der Waals surface area contributed by atoms with Crippen LogP contribution in [0.15, 0.2) is 29.4 Å². The van der Waals surface area contributed by atoms with Crippen molar-refractivity contribution in [3.8, 4) is 0 Å². The zero-order chi connectivity index (χ0) is 19.1. The molecule has 2 aromatic rings. The number of benzene rings is 1. The van der Waals surface area contributed by atoms with Gasteiger partial charge in [0.2, 0.25) is 0 Å². The number of fused-ring (bicyclic) bond motifs is 1. The molecule has 1 aliphatic carbocycles. The summed E-state index contributed by atoms with van der Waals surface area (Å²) >= 11 is 0. The van der Waals surface area contributed by atoms with E-state index in [9.17, 15) is 0 Å². The van der Waals surface area contributed by atoms with Gasteiger partial charge in [-0.2, -0.15) is 0 Å². The van der Waals surface area contributed by atoms with E-state index in [1.807, 2.05) is 7.05 Å². The van der Waals surface area contributed by atoms with Crippen molar-refractivity contribution in [2.45, 2.75) is 45.4 Å². The minimum Gasteiger partial charge on any atom is -0.385 e. The Kier molecular flexibility index (Phi) is 6.78. The van der Waals surface area contributed by atoms with Crippen LogP contribution in [0.4, 0.5) is 0 Å². The van der Waals surface area contributed by atoms with Crippen LogP contribution >= 0.6 is 0 Å². The van der Waals surface area contributed by atoms with Crippen LogP contribution in [0.25, 0.3) is 10.9 Å². The summed E-state index contributed by atoms with van der Waals surface area (Å²) < 4.78 is 5.34. The number of hydrogen-bond acceptors (Lipinski definition) is 2. The molecule has 0 spiro atoms. The molecule has 5 heteroatoms. The van der Waals surface area contributed by atoms with Gasteiger partial charge in [0.1, 0.15) is 0 Å². The lowest BCUT2D eigenvalue weighted by atomic mass is 9.83. The summed E-state index contributed by atoms with van der Waals surface area (Å²) in [6.45, 7) is 4.86. The predicted molar refractivity (Wildman–Crippen MR) is 113 cm³/mol. The van der Waals surface area contributed by atoms with E-state index in [0.717, 1.165) is 38.5 Å². The molecule has 1 aromatic carbocycles. The number of aryl methyl sites for hydroxylation is 1. The zero-order valence-electron chi connectivity index (χ0n) is 17.0. The molecule has 1 aliphatic rings. The van der Waals surface area contributed by atoms with E-state index < -0.39 is 0 Å². The average Bonchev–Trinajstić information content (AvgIpc) is 3.31. The highest BCUT2D eigenvalue weighted by molar-refractivity contribution is 5.86. The SMILES string of the molecule is CN=C(NCCc1c[nH]c2cccc(C)c12)NCC1(CCOC)CCCC1. The second-order valence-corrected chi connectivity index (χ2v) is 7.86. The van der Waals surface area contributed by atoms with Gasteiger partial charge in [0.15, 0.2) is 5.96 Å². The van der Waals surface area contributed by atoms with E-state index in [4.69, 9.17) is 4.74 Å². The summed E-state index contributed by atoms with van der Waals surface area (Å²) in [5.74, 6) is 0.898. The van der Waals surface area contributed by atoms with Crippen molar-refractivity contribution >= 4 is 16.9 Å². The Bertz CT molecular complexity index is 759. The van der Waals surface area contributed by atoms with Gasteiger partial charge >= 0.3 is 0 Å². The summed E-state index contributed by atoms with van der Waals surface area (Å²) in [5.41, 5.74) is 4.27. The lowest BCUT2D eigenvalue weighted by Gasteiger charge is -2.30. The van der Waals surface area contributed by atoms with Crippen LogP contribution in [0, 0.1) is 12.3 Å². The molecule has 148 valence electrons. The first kappa shape index (κ1) is 19.7. The van der Waals surface area contributed by atoms with Crippen molar-refractivity contribution in [2.75, 3.05) is 33.9 Å². The molecule has 1 fully saturated rings. The third-order valence-corrected chi connectivity index (χ3v) is 6.04. The van der Waals surface area contributed by atoms with Gasteiger partial charge in [-0.3, -0.25) is 4.99 Å². The number of rotatable bonds is 8. The lowest BCUT2D eigenvalue weighted by Crippen LogP contribution is -2.43. The quantitative estimate of drug-likeness (QED) is 0.489. The molecule has 1 aromatic heterocycles. The van der Waals surface area contributed by atoms with Gasteiger partial charge in [0, 0.05) is 51.0 Å². The van der Waals surface area contributed by atoms with E-state index in [-0.39, 0.29) is 0 Å². The molecule has 0 amide bonds. The summed E-state index contributed by atoms with van der Waals surface area (Å²) in [5, 5.41) is 8.40. The highest BCUT2D eigenvalue weighted by Crippen LogP contribution is 2.40. The van der Waals surface area contributed by atoms with E-state index in [1.165, 1.54) is 47.7 Å². The smallest absolute Gasteiger partial charge is 0.191 e. The predicted octanol–water partition coefficient (Wildman–Crippen LogP) is 3.78. The minimum atomic E-state index is 0.363. The Morgan fingerprint density at radius 3 is 2.81 bits per heavy atom. The molecule has 0 radical (unpaired) electrons. The number of hydrogen-bond donors (Lipinski definition) is 3. The second-order valence-electron chi connectivity index (χ2n) is 7.86. The highest BCUT2D eigenvalue weighted by Gasteiger charge is 2.33. The van der Waals surface area contributed by atoms with E-state index in [1.54, 1.807) is 7.11 Å². The van der Waals surface area contributed by atoms with Gasteiger partial charge in [-0.25, -0.2) is 0 Å². The Morgan fingerprint density at radius 2 is 2.07 bits per heavy atom. The molecule has 0 bridgehead atoms. The molecule has 0 unspecified atom stereocenters. The van der Waals surface area contributed by atoms with Gasteiger partial charge in [-0.05, 0) is 55.2 Å². The molecule has 0 aliphatic heterocycles. The first-order valence-corrected chi connectivity index (χ1v) is 10.2. The number of aromatic amines is 1. The normalized spacial score (nSPS) is 16.8. The summed E-state index contributed by atoms with van der Waals surface area (Å²) in [4.78, 5) is 7.80. The summed E-state index contributed by atoms with van der Waals surface area (Å²) in [7, 11) is 3.64. The van der Waals surface area contributed by atoms with Crippen molar-refractivity contribution in [3.05, 3.63) is 35.5 Å². The van der Waals surface area contributed by atoms with E-state index in [0.29, 0.717) is 5.41 Å². The summed E-state index contributed by atoms with van der Waals surface area (Å²) in [6.07, 6.45) is 9.47. The number of aromatic nitrogens is 1. The number of guanidine groups is 1. The molecule has 3 N–H and O–H groups in total. The molecule has 5 nitrogen and oxygen atoms in total. The highest BCUT2D eigenvalue weighted by atomic mass is 16.5. The first-order chi connectivity index (χ1) is 13.2. The van der Waals surface area contributed by atoms with Crippen LogP contribution in [0.1, 0.15) is 43.2 Å². The number of methoxy groups -OCH3 is 1. The van der Waals surface area contributed by atoms with Gasteiger partial charge in [-0.15, -0.1) is 0 Å². The molecular weight excluding hydrogens is 336 g/mol. The van der Waals surface area contributed by atoms with E-state index in [2.05, 4.69) is 51.9 Å². The van der Waals surface area contributed by atoms with Crippen LogP contribution in [-0.4, -0.2) is 44.8 Å². The van der Waals surface area contributed by atoms with Gasteiger partial charge in [0.05, 0.1) is 0 Å². The van der Waals surface area contributed by atoms with Gasteiger partial charge in [-0.1, -0.05) is 25.0 Å². The fourth-order valence-corrected chi connectivity index (χ4v) is 4.41. The van der Waals surface area contributed by atoms with Crippen LogP contribution < -0.4 is 10.6 Å². The summed E-state index contributed by atoms with van der Waals surface area (Å²) in [6, 6.07) is 6.42. The number of nitrogens with one attached hydrogen (secondary N) is 3. The van der Waals surface area contributed by atoms with Crippen molar-refractivity contribution in [1.82, 2.24) is 15.6 Å². The van der Waals surface area contributed by atoms with Crippen molar-refractivity contribution in [2.24, 2.45) is 10.4 Å². The Balaban J connectivity index is 1.52. The fraction of sp³-hybridized carbons (Fsp3) is 0.591. The number of H-pyrrole nitrogens is 1. The second kappa shape index (κ2) is 9.27. The van der Waals surface area contributed by atoms with Crippen molar-refractivity contribution < 1.29 is 4.74 Å². The van der Waals surface area contributed by atoms with Crippen molar-refractivity contribution in [3.63, 3.8) is 0 Å². The Morgan fingerprint density at radius 1 is 1.26 bits per heavy atom. The maximum atomic E-state index is 5.34. The van der Waals surface area contributed by atoms with Crippen LogP contribution in [0.3, 0.4) is 0 Å². The van der Waals surface area contributed by atoms with Crippen LogP contribution in [0.5, 0.6) is 0 Å². The number of ether oxygens (including phenoxy) is 1. The third-order valence-electron chi connectivity index (χ3n) is 6.04. The topological polar surface area (TPSA) is 61.4 Å². The minimum absolute atomic E-state index is 0.363. The number of aliphatic imine (C=N–C) groups is 1. The van der Waals surface area contributed by atoms with Gasteiger partial charge < -0.3 is 20.4 Å². The standard InChI is InChI=1S/C22H34N4O/c1-17-7-6-8-19-20(17)18(15-25-19)9-13-24-21(23-2)26-16-22(12-14-27-3)10-4-5-11-22/h6-8,15,25H,4-5,9-14,16H2,1-3H3,(H2,23,24,26). The van der Waals surface area contributed by atoms with Gasteiger partial charge in [0.25, 0.3) is 0 Å². The molecular formula is C22H34N4O. The maximum Gasteiger partial charge on any atom is 0.191 e. The van der Waals surface area contributed by atoms with Crippen LogP contribution in [-0.2, 0) is 11.2 Å². The molecule has 3 rings (SSSR count). The molecule has 0 saturated heterocycles. The number of nitrogens with zero attached hydrogens (tertiary/aromatic N) is 1.